The van der Waals surface area contributed by atoms with Crippen molar-refractivity contribution in [3.05, 3.63) is 54.2 Å². The molecule has 0 aliphatic heterocycles. The monoisotopic (exact) mass is 363 g/mol. The molecule has 0 fully saturated rings. The quantitative estimate of drug-likeness (QED) is 0.531. The Morgan fingerprint density at radius 3 is 2.58 bits per heavy atom. The van der Waals surface area contributed by atoms with Crippen LogP contribution in [0.5, 0.6) is 5.75 Å². The zero-order chi connectivity index (χ0) is 18.1. The van der Waals surface area contributed by atoms with E-state index in [2.05, 4.69) is 20.2 Å². The van der Waals surface area contributed by atoms with Crippen molar-refractivity contribution in [3.63, 3.8) is 0 Å². The summed E-state index contributed by atoms with van der Waals surface area (Å²) in [6.07, 6.45) is 0. The maximum absolute atomic E-state index is 6.28. The second-order valence-corrected chi connectivity index (χ2v) is 6.85. The first kappa shape index (κ1) is 16.4. The first-order valence-corrected chi connectivity index (χ1v) is 8.86. The highest BCUT2D eigenvalue weighted by Crippen LogP contribution is 2.33. The summed E-state index contributed by atoms with van der Waals surface area (Å²) in [7, 11) is 1.65. The smallest absolute Gasteiger partial charge is 0.194 e. The lowest BCUT2D eigenvalue weighted by Gasteiger charge is -2.08. The van der Waals surface area contributed by atoms with Crippen molar-refractivity contribution in [1.82, 2.24) is 20.2 Å². The van der Waals surface area contributed by atoms with Crippen LogP contribution in [0.25, 0.3) is 22.2 Å². The van der Waals surface area contributed by atoms with Crippen molar-refractivity contribution in [2.45, 2.75) is 17.0 Å². The van der Waals surface area contributed by atoms with E-state index in [4.69, 9.17) is 10.5 Å². The molecule has 3 N–H and O–H groups in total. The molecule has 0 saturated carbocycles. The van der Waals surface area contributed by atoms with Crippen molar-refractivity contribution in [2.24, 2.45) is 0 Å². The predicted molar refractivity (Wildman–Crippen MR) is 103 cm³/mol. The van der Waals surface area contributed by atoms with Gasteiger partial charge in [0.1, 0.15) is 11.6 Å². The van der Waals surface area contributed by atoms with Gasteiger partial charge in [0, 0.05) is 16.2 Å². The van der Waals surface area contributed by atoms with Crippen LogP contribution in [0.2, 0.25) is 0 Å². The van der Waals surface area contributed by atoms with E-state index in [0.717, 1.165) is 38.5 Å². The van der Waals surface area contributed by atoms with Gasteiger partial charge in [-0.3, -0.25) is 5.10 Å². The molecular formula is C19H17N5OS. The fraction of sp³-hybridized carbons (Fsp3) is 0.105. The number of hydrogen-bond donors (Lipinski definition) is 2. The zero-order valence-electron chi connectivity index (χ0n) is 14.4. The van der Waals surface area contributed by atoms with Crippen LogP contribution < -0.4 is 10.5 Å². The number of aryl methyl sites for hydroxylation is 1. The lowest BCUT2D eigenvalue weighted by Crippen LogP contribution is -1.98. The lowest BCUT2D eigenvalue weighted by atomic mass is 10.1. The summed E-state index contributed by atoms with van der Waals surface area (Å²) in [6, 6.07) is 15.6. The number of rotatable bonds is 4. The molecule has 7 heteroatoms. The van der Waals surface area contributed by atoms with E-state index >= 15 is 0 Å². The molecule has 0 saturated heterocycles. The number of H-pyrrole nitrogens is 1. The third kappa shape index (κ3) is 3.09. The highest BCUT2D eigenvalue weighted by molar-refractivity contribution is 7.99. The minimum absolute atomic E-state index is 0.447. The molecule has 26 heavy (non-hydrogen) atoms. The van der Waals surface area contributed by atoms with Gasteiger partial charge in [-0.2, -0.15) is 5.10 Å². The largest absolute Gasteiger partial charge is 0.497 e. The fourth-order valence-electron chi connectivity index (χ4n) is 2.75. The van der Waals surface area contributed by atoms with Crippen molar-refractivity contribution in [3.8, 4) is 17.0 Å². The van der Waals surface area contributed by atoms with Crippen molar-refractivity contribution < 1.29 is 4.74 Å². The Labute approximate surface area is 154 Å². The fourth-order valence-corrected chi connectivity index (χ4v) is 3.52. The Kier molecular flexibility index (Phi) is 4.22. The topological polar surface area (TPSA) is 89.7 Å². The molecule has 4 rings (SSSR count). The number of hydrogen-bond acceptors (Lipinski definition) is 6. The second kappa shape index (κ2) is 6.68. The third-order valence-electron chi connectivity index (χ3n) is 3.98. The Morgan fingerprint density at radius 2 is 1.88 bits per heavy atom. The number of nitrogen functional groups attached to an aromatic ring is 1. The van der Waals surface area contributed by atoms with E-state index < -0.39 is 0 Å². The summed E-state index contributed by atoms with van der Waals surface area (Å²) in [6.45, 7) is 1.96. The van der Waals surface area contributed by atoms with E-state index in [1.807, 2.05) is 55.5 Å². The molecule has 0 spiro atoms. The standard InChI is InChI=1S/C19H17N5OS/c1-11-10-16(24-23-11)14-4-3-5-15-17(14)18(20)22-19(21-15)26-13-8-6-12(25-2)7-9-13/h3-10H,1-2H3,(H,23,24)(H2,20,21,22). The average molecular weight is 363 g/mol. The number of nitrogens with two attached hydrogens (primary N) is 1. The van der Waals surface area contributed by atoms with E-state index in [-0.39, 0.29) is 0 Å². The average Bonchev–Trinajstić information content (AvgIpc) is 3.08. The molecule has 0 aliphatic rings. The summed E-state index contributed by atoms with van der Waals surface area (Å²) in [4.78, 5) is 10.2. The minimum Gasteiger partial charge on any atom is -0.497 e. The van der Waals surface area contributed by atoms with Gasteiger partial charge in [-0.15, -0.1) is 0 Å². The maximum atomic E-state index is 6.28. The van der Waals surface area contributed by atoms with Gasteiger partial charge in [0.15, 0.2) is 5.16 Å². The van der Waals surface area contributed by atoms with E-state index in [1.165, 1.54) is 11.8 Å². The van der Waals surface area contributed by atoms with Crippen LogP contribution >= 0.6 is 11.8 Å². The lowest BCUT2D eigenvalue weighted by molar-refractivity contribution is 0.414. The minimum atomic E-state index is 0.447. The predicted octanol–water partition coefficient (Wildman–Crippen LogP) is 4.07. The Balaban J connectivity index is 1.74. The molecule has 2 aromatic heterocycles. The molecule has 0 unspecified atom stereocenters. The molecule has 4 aromatic rings. The van der Waals surface area contributed by atoms with Gasteiger partial charge in [0.05, 0.1) is 23.7 Å². The summed E-state index contributed by atoms with van der Waals surface area (Å²) >= 11 is 1.46. The molecule has 0 atom stereocenters. The molecule has 0 bridgehead atoms. The van der Waals surface area contributed by atoms with Crippen LogP contribution in [0.15, 0.2) is 58.6 Å². The number of nitrogens with zero attached hydrogens (tertiary/aromatic N) is 3. The number of methoxy groups -OCH3 is 1. The van der Waals surface area contributed by atoms with Gasteiger partial charge in [0.25, 0.3) is 0 Å². The summed E-state index contributed by atoms with van der Waals surface area (Å²) in [5, 5.41) is 8.71. The molecule has 0 amide bonds. The van der Waals surface area contributed by atoms with Crippen molar-refractivity contribution in [1.29, 1.82) is 0 Å². The van der Waals surface area contributed by atoms with Crippen LogP contribution in [0.1, 0.15) is 5.69 Å². The normalized spacial score (nSPS) is 11.0. The van der Waals surface area contributed by atoms with Crippen LogP contribution in [-0.2, 0) is 0 Å². The van der Waals surface area contributed by atoms with Crippen LogP contribution in [0, 0.1) is 6.92 Å². The second-order valence-electron chi connectivity index (χ2n) is 5.80. The first-order valence-electron chi connectivity index (χ1n) is 8.04. The summed E-state index contributed by atoms with van der Waals surface area (Å²) < 4.78 is 5.18. The van der Waals surface area contributed by atoms with Gasteiger partial charge < -0.3 is 10.5 Å². The van der Waals surface area contributed by atoms with Gasteiger partial charge in [-0.25, -0.2) is 9.97 Å². The van der Waals surface area contributed by atoms with Gasteiger partial charge in [-0.05, 0) is 55.1 Å². The molecule has 0 aliphatic carbocycles. The van der Waals surface area contributed by atoms with E-state index in [1.54, 1.807) is 7.11 Å². The molecule has 2 aromatic carbocycles. The first-order chi connectivity index (χ1) is 12.6. The number of aromatic nitrogens is 4. The summed E-state index contributed by atoms with van der Waals surface area (Å²) in [5.74, 6) is 1.26. The number of nitrogens with one attached hydrogen (secondary N) is 1. The Bertz CT molecular complexity index is 1080. The summed E-state index contributed by atoms with van der Waals surface area (Å²) in [5.41, 5.74) is 9.82. The van der Waals surface area contributed by atoms with Gasteiger partial charge in [0.2, 0.25) is 0 Å². The van der Waals surface area contributed by atoms with Crippen LogP contribution in [0.4, 0.5) is 5.82 Å². The van der Waals surface area contributed by atoms with Gasteiger partial charge in [-0.1, -0.05) is 12.1 Å². The molecule has 0 radical (unpaired) electrons. The highest BCUT2D eigenvalue weighted by Gasteiger charge is 2.13. The SMILES string of the molecule is COc1ccc(Sc2nc(N)c3c(-c4cc(C)[nH]n4)cccc3n2)cc1. The molecule has 130 valence electrons. The van der Waals surface area contributed by atoms with Crippen LogP contribution in [-0.4, -0.2) is 27.3 Å². The van der Waals surface area contributed by atoms with Crippen LogP contribution in [0.3, 0.4) is 0 Å². The molecular weight excluding hydrogens is 346 g/mol. The Morgan fingerprint density at radius 1 is 1.08 bits per heavy atom. The number of benzene rings is 2. The van der Waals surface area contributed by atoms with E-state index in [0.29, 0.717) is 11.0 Å². The molecule has 2 heterocycles. The zero-order valence-corrected chi connectivity index (χ0v) is 15.2. The van der Waals surface area contributed by atoms with E-state index in [9.17, 15) is 0 Å². The van der Waals surface area contributed by atoms with Crippen molar-refractivity contribution >= 4 is 28.5 Å². The highest BCUT2D eigenvalue weighted by atomic mass is 32.2. The molecule has 6 nitrogen and oxygen atoms in total. The number of fused-ring (bicyclic) bond motifs is 1. The maximum Gasteiger partial charge on any atom is 0.194 e. The van der Waals surface area contributed by atoms with Crippen molar-refractivity contribution in [2.75, 3.05) is 12.8 Å². The Hall–Kier alpha value is -3.06. The van der Waals surface area contributed by atoms with Gasteiger partial charge >= 0.3 is 0 Å². The number of ether oxygens (including phenoxy) is 1. The number of anilines is 1. The third-order valence-corrected chi connectivity index (χ3v) is 4.85. The number of aromatic amines is 1.